The molecule has 3 heterocycles. The van der Waals surface area contributed by atoms with E-state index in [-0.39, 0.29) is 18.1 Å². The van der Waals surface area contributed by atoms with Crippen molar-refractivity contribution in [2.24, 2.45) is 0 Å². The number of aromatic nitrogens is 3. The number of rotatable bonds is 4. The summed E-state index contributed by atoms with van der Waals surface area (Å²) < 4.78 is 4.24. The van der Waals surface area contributed by atoms with E-state index >= 15 is 0 Å². The molecule has 1 fully saturated rings. The van der Waals surface area contributed by atoms with Gasteiger partial charge in [-0.15, -0.1) is 0 Å². The Morgan fingerprint density at radius 1 is 0.947 bits per heavy atom. The number of hydrogen-bond donors (Lipinski definition) is 1. The summed E-state index contributed by atoms with van der Waals surface area (Å²) in [6, 6.07) is 23.0. The van der Waals surface area contributed by atoms with Crippen molar-refractivity contribution in [1.29, 1.82) is 0 Å². The second-order valence-corrected chi connectivity index (χ2v) is 10.7. The number of hydrogen-bond acceptors (Lipinski definition) is 3. The molecule has 0 spiro atoms. The summed E-state index contributed by atoms with van der Waals surface area (Å²) in [6.07, 6.45) is 7.81. The van der Waals surface area contributed by atoms with Crippen LogP contribution in [0.3, 0.4) is 0 Å². The highest BCUT2D eigenvalue weighted by molar-refractivity contribution is 5.76. The first-order valence-electron chi connectivity index (χ1n) is 13.7. The second-order valence-electron chi connectivity index (χ2n) is 10.7. The highest BCUT2D eigenvalue weighted by Crippen LogP contribution is 2.39. The van der Waals surface area contributed by atoms with E-state index in [4.69, 9.17) is 5.10 Å². The zero-order valence-electron chi connectivity index (χ0n) is 22.5. The van der Waals surface area contributed by atoms with E-state index in [1.165, 1.54) is 19.3 Å². The van der Waals surface area contributed by atoms with Gasteiger partial charge in [-0.25, -0.2) is 9.48 Å². The number of amides is 2. The van der Waals surface area contributed by atoms with Crippen LogP contribution in [0.4, 0.5) is 10.5 Å². The Hall–Kier alpha value is -4.00. The van der Waals surface area contributed by atoms with Gasteiger partial charge in [0.05, 0.1) is 29.7 Å². The number of nitrogens with one attached hydrogen (secondary N) is 1. The molecule has 4 aromatic rings. The van der Waals surface area contributed by atoms with Gasteiger partial charge in [-0.3, -0.25) is 0 Å². The summed E-state index contributed by atoms with van der Waals surface area (Å²) in [7, 11) is 4.09. The molecule has 1 aliphatic heterocycles. The maximum absolute atomic E-state index is 14.1. The van der Waals surface area contributed by atoms with Gasteiger partial charge in [0.1, 0.15) is 5.82 Å². The molecule has 7 nitrogen and oxygen atoms in total. The van der Waals surface area contributed by atoms with Gasteiger partial charge in [0.2, 0.25) is 0 Å². The number of aryl methyl sites for hydroxylation is 1. The first-order valence-corrected chi connectivity index (χ1v) is 13.7. The third kappa shape index (κ3) is 4.36. The van der Waals surface area contributed by atoms with Crippen LogP contribution in [0.15, 0.2) is 72.9 Å². The van der Waals surface area contributed by atoms with Crippen LogP contribution in [-0.4, -0.2) is 45.4 Å². The smallest absolute Gasteiger partial charge is 0.318 e. The third-order valence-corrected chi connectivity index (χ3v) is 8.01. The molecule has 2 amide bonds. The van der Waals surface area contributed by atoms with E-state index < -0.39 is 0 Å². The van der Waals surface area contributed by atoms with Crippen molar-refractivity contribution in [2.75, 3.05) is 19.0 Å². The van der Waals surface area contributed by atoms with Crippen molar-refractivity contribution in [3.05, 3.63) is 95.4 Å². The molecule has 0 radical (unpaired) electrons. The number of carbonyl (C=O) groups excluding carboxylic acids is 1. The summed E-state index contributed by atoms with van der Waals surface area (Å²) in [4.78, 5) is 18.2. The fraction of sp³-hybridized carbons (Fsp3) is 0.355. The number of benzene rings is 2. The number of anilines is 1. The van der Waals surface area contributed by atoms with Crippen LogP contribution in [0, 0.1) is 6.92 Å². The van der Waals surface area contributed by atoms with E-state index in [9.17, 15) is 4.79 Å². The molecule has 2 aromatic carbocycles. The number of carbonyl (C=O) groups is 1. The van der Waals surface area contributed by atoms with E-state index in [1.807, 2.05) is 48.8 Å². The predicted molar refractivity (Wildman–Crippen MR) is 151 cm³/mol. The minimum Gasteiger partial charge on any atom is -0.378 e. The summed E-state index contributed by atoms with van der Waals surface area (Å²) in [5.41, 5.74) is 6.28. The molecule has 0 saturated heterocycles. The van der Waals surface area contributed by atoms with Crippen LogP contribution in [-0.2, 0) is 6.54 Å². The molecule has 2 aromatic heterocycles. The second kappa shape index (κ2) is 10.0. The quantitative estimate of drug-likeness (QED) is 0.369. The molecule has 6 rings (SSSR count). The molecule has 38 heavy (non-hydrogen) atoms. The summed E-state index contributed by atoms with van der Waals surface area (Å²) in [5.74, 6) is 0.997. The van der Waals surface area contributed by atoms with Gasteiger partial charge in [0, 0.05) is 37.6 Å². The maximum Gasteiger partial charge on any atom is 0.318 e. The van der Waals surface area contributed by atoms with Crippen molar-refractivity contribution in [3.8, 4) is 11.5 Å². The number of nitrogens with zero attached hydrogens (tertiary/aromatic N) is 5. The van der Waals surface area contributed by atoms with E-state index in [1.54, 1.807) is 0 Å². The largest absolute Gasteiger partial charge is 0.378 e. The summed E-state index contributed by atoms with van der Waals surface area (Å²) in [6.45, 7) is 2.53. The SMILES string of the molecule is Cc1nn(-c2ccccc2)c2c1CN(C(=O)NC1CCCCC1)[C@@H](c1ccc(N(C)C)cc1)c1cccn1-2. The van der Waals surface area contributed by atoms with Gasteiger partial charge in [-0.1, -0.05) is 49.6 Å². The van der Waals surface area contributed by atoms with Gasteiger partial charge >= 0.3 is 6.03 Å². The zero-order chi connectivity index (χ0) is 26.2. The number of urea groups is 1. The Kier molecular flexibility index (Phi) is 6.44. The third-order valence-electron chi connectivity index (χ3n) is 8.01. The van der Waals surface area contributed by atoms with Crippen LogP contribution in [0.2, 0.25) is 0 Å². The molecule has 0 unspecified atom stereocenters. The van der Waals surface area contributed by atoms with E-state index in [0.29, 0.717) is 6.54 Å². The van der Waals surface area contributed by atoms with Gasteiger partial charge in [0.25, 0.3) is 0 Å². The number of fused-ring (bicyclic) bond motifs is 3. The van der Waals surface area contributed by atoms with Crippen LogP contribution < -0.4 is 10.2 Å². The standard InChI is InChI=1S/C31H36N6O/c1-22-27-21-36(31(38)32-24-11-6-4-7-12-24)29(23-16-18-25(19-17-23)34(2)3)28-15-10-20-35(28)30(27)37(33-22)26-13-8-5-9-14-26/h5,8-10,13-20,24,29H,4,6-7,11-12,21H2,1-3H3,(H,32,38)/t29-/m0/s1. The van der Waals surface area contributed by atoms with Crippen LogP contribution in [0.1, 0.15) is 60.7 Å². The molecule has 196 valence electrons. The first-order chi connectivity index (χ1) is 18.5. The first kappa shape index (κ1) is 24.3. The molecule has 0 bridgehead atoms. The minimum atomic E-state index is -0.235. The van der Waals surface area contributed by atoms with Crippen molar-refractivity contribution >= 4 is 11.7 Å². The van der Waals surface area contributed by atoms with Crippen LogP contribution >= 0.6 is 0 Å². The average Bonchev–Trinajstić information content (AvgIpc) is 3.50. The van der Waals surface area contributed by atoms with Gasteiger partial charge in [0.15, 0.2) is 0 Å². The molecule has 2 aliphatic rings. The Morgan fingerprint density at radius 2 is 1.68 bits per heavy atom. The van der Waals surface area contributed by atoms with Crippen molar-refractivity contribution < 1.29 is 4.79 Å². The topological polar surface area (TPSA) is 58.3 Å². The maximum atomic E-state index is 14.1. The van der Waals surface area contributed by atoms with Crippen LogP contribution in [0.25, 0.3) is 11.5 Å². The van der Waals surface area contributed by atoms with Crippen LogP contribution in [0.5, 0.6) is 0 Å². The molecule has 1 atom stereocenters. The zero-order valence-corrected chi connectivity index (χ0v) is 22.5. The number of para-hydroxylation sites is 1. The Morgan fingerprint density at radius 3 is 2.39 bits per heavy atom. The van der Waals surface area contributed by atoms with Gasteiger partial charge < -0.3 is 19.7 Å². The molecule has 1 aliphatic carbocycles. The highest BCUT2D eigenvalue weighted by atomic mass is 16.2. The Bertz CT molecular complexity index is 1410. The van der Waals surface area contributed by atoms with Crippen molar-refractivity contribution in [3.63, 3.8) is 0 Å². The van der Waals surface area contributed by atoms with Crippen molar-refractivity contribution in [2.45, 2.75) is 57.7 Å². The fourth-order valence-electron chi connectivity index (χ4n) is 5.96. The summed E-state index contributed by atoms with van der Waals surface area (Å²) in [5, 5.41) is 8.35. The molecule has 1 saturated carbocycles. The normalized spacial score (nSPS) is 17.4. The minimum absolute atomic E-state index is 0.00829. The lowest BCUT2D eigenvalue weighted by Gasteiger charge is -2.33. The molecule has 7 heteroatoms. The lowest BCUT2D eigenvalue weighted by atomic mass is 9.95. The fourth-order valence-corrected chi connectivity index (χ4v) is 5.96. The molecule has 1 N–H and O–H groups in total. The lowest BCUT2D eigenvalue weighted by Crippen LogP contribution is -2.46. The molecular weight excluding hydrogens is 472 g/mol. The Balaban J connectivity index is 1.49. The lowest BCUT2D eigenvalue weighted by molar-refractivity contribution is 0.173. The van der Waals surface area contributed by atoms with Crippen molar-refractivity contribution in [1.82, 2.24) is 24.6 Å². The monoisotopic (exact) mass is 508 g/mol. The summed E-state index contributed by atoms with van der Waals surface area (Å²) >= 11 is 0. The Labute approximate surface area is 224 Å². The predicted octanol–water partition coefficient (Wildman–Crippen LogP) is 5.98. The van der Waals surface area contributed by atoms with E-state index in [0.717, 1.165) is 52.5 Å². The average molecular weight is 509 g/mol. The van der Waals surface area contributed by atoms with Gasteiger partial charge in [-0.05, 0) is 61.7 Å². The highest BCUT2D eigenvalue weighted by Gasteiger charge is 2.36. The molecular formula is C31H36N6O. The van der Waals surface area contributed by atoms with E-state index in [2.05, 4.69) is 69.5 Å². The van der Waals surface area contributed by atoms with Gasteiger partial charge in [-0.2, -0.15) is 5.10 Å².